The van der Waals surface area contributed by atoms with Crippen LogP contribution in [0.5, 0.6) is 5.75 Å². The lowest BCUT2D eigenvalue weighted by Crippen LogP contribution is -2.29. The van der Waals surface area contributed by atoms with E-state index in [2.05, 4.69) is 15.5 Å². The fourth-order valence-electron chi connectivity index (χ4n) is 2.65. The summed E-state index contributed by atoms with van der Waals surface area (Å²) in [5.74, 6) is 1.34. The van der Waals surface area contributed by atoms with Gasteiger partial charge in [0.2, 0.25) is 11.8 Å². The molecule has 2 heterocycles. The van der Waals surface area contributed by atoms with Gasteiger partial charge in [-0.2, -0.15) is 0 Å². The number of rotatable bonds is 11. The largest absolute Gasteiger partial charge is 0.492 e. The zero-order valence-electron chi connectivity index (χ0n) is 16.5. The monoisotopic (exact) mass is 429 g/mol. The van der Waals surface area contributed by atoms with Crippen molar-refractivity contribution in [1.82, 2.24) is 20.1 Å². The smallest absolute Gasteiger partial charge is 0.230 e. The van der Waals surface area contributed by atoms with E-state index in [4.69, 9.17) is 14.9 Å². The molecule has 3 aromatic rings. The molecule has 0 unspecified atom stereocenters. The van der Waals surface area contributed by atoms with Crippen molar-refractivity contribution in [2.24, 2.45) is 5.73 Å². The molecule has 3 N–H and O–H groups in total. The van der Waals surface area contributed by atoms with Gasteiger partial charge >= 0.3 is 0 Å². The molecule has 30 heavy (non-hydrogen) atoms. The highest BCUT2D eigenvalue weighted by atomic mass is 32.2. The van der Waals surface area contributed by atoms with Crippen LogP contribution in [0.4, 0.5) is 0 Å². The highest BCUT2D eigenvalue weighted by Gasteiger charge is 2.17. The minimum absolute atomic E-state index is 0.127. The molecule has 0 fully saturated rings. The molecule has 0 spiro atoms. The van der Waals surface area contributed by atoms with Crippen LogP contribution in [0.25, 0.3) is 11.6 Å². The fourth-order valence-corrected chi connectivity index (χ4v) is 3.45. The Hall–Kier alpha value is -3.27. The number of aryl methyl sites for hydroxylation is 1. The molecule has 0 radical (unpaired) electrons. The maximum atomic E-state index is 12.2. The summed E-state index contributed by atoms with van der Waals surface area (Å²) in [5.41, 5.74) is 6.38. The molecule has 0 aliphatic heterocycles. The summed E-state index contributed by atoms with van der Waals surface area (Å²) in [6.45, 7) is 3.05. The van der Waals surface area contributed by atoms with Crippen LogP contribution in [0, 0.1) is 6.92 Å². The number of ether oxygens (including phenoxy) is 1. The summed E-state index contributed by atoms with van der Waals surface area (Å²) in [4.78, 5) is 23.4. The van der Waals surface area contributed by atoms with Gasteiger partial charge < -0.3 is 20.2 Å². The molecule has 0 atom stereocenters. The number of furan rings is 1. The summed E-state index contributed by atoms with van der Waals surface area (Å²) in [7, 11) is 0. The molecule has 0 saturated carbocycles. The molecular formula is C20H23N5O4S. The number of carbonyl (C=O) groups excluding carboxylic acids is 2. The number of hydrogen-bond donors (Lipinski definition) is 2. The number of nitrogens with zero attached hydrogens (tertiary/aromatic N) is 3. The van der Waals surface area contributed by atoms with Crippen LogP contribution in [-0.4, -0.2) is 45.5 Å². The molecule has 10 heteroatoms. The number of benzene rings is 1. The normalized spacial score (nSPS) is 10.7. The van der Waals surface area contributed by atoms with Crippen LogP contribution in [0.15, 0.2) is 52.2 Å². The van der Waals surface area contributed by atoms with Crippen LogP contribution >= 0.6 is 11.8 Å². The lowest BCUT2D eigenvalue weighted by molar-refractivity contribution is -0.119. The molecule has 158 valence electrons. The van der Waals surface area contributed by atoms with Gasteiger partial charge in [0, 0.05) is 13.0 Å². The summed E-state index contributed by atoms with van der Waals surface area (Å²) in [6, 6.07) is 11.2. The van der Waals surface area contributed by atoms with Crippen molar-refractivity contribution in [2.45, 2.75) is 25.0 Å². The van der Waals surface area contributed by atoms with Crippen LogP contribution in [0.3, 0.4) is 0 Å². The fraction of sp³-hybridized carbons (Fsp3) is 0.300. The Morgan fingerprint density at radius 2 is 2.13 bits per heavy atom. The first kappa shape index (κ1) is 21.4. The maximum Gasteiger partial charge on any atom is 0.230 e. The van der Waals surface area contributed by atoms with E-state index in [0.717, 1.165) is 11.3 Å². The number of primary amides is 1. The van der Waals surface area contributed by atoms with E-state index in [1.54, 1.807) is 16.7 Å². The standard InChI is InChI=1S/C20H23N5O4S/c1-14-4-2-5-15(12-14)28-11-8-22-18(27)13-30-20-24-23-19(16-6-3-10-29-16)25(20)9-7-17(21)26/h2-6,10,12H,7-9,11,13H2,1H3,(H2,21,26)(H,22,27). The van der Waals surface area contributed by atoms with Gasteiger partial charge in [0.15, 0.2) is 16.7 Å². The van der Waals surface area contributed by atoms with Gasteiger partial charge in [-0.1, -0.05) is 23.9 Å². The Morgan fingerprint density at radius 3 is 2.87 bits per heavy atom. The van der Waals surface area contributed by atoms with E-state index in [0.29, 0.717) is 36.4 Å². The number of aromatic nitrogens is 3. The summed E-state index contributed by atoms with van der Waals surface area (Å²) in [6.07, 6.45) is 1.66. The summed E-state index contributed by atoms with van der Waals surface area (Å²) < 4.78 is 12.7. The van der Waals surface area contributed by atoms with E-state index in [-0.39, 0.29) is 18.1 Å². The van der Waals surface area contributed by atoms with Crippen molar-refractivity contribution in [1.29, 1.82) is 0 Å². The minimum Gasteiger partial charge on any atom is -0.492 e. The van der Waals surface area contributed by atoms with Gasteiger partial charge in [-0.3, -0.25) is 14.2 Å². The predicted octanol–water partition coefficient (Wildman–Crippen LogP) is 2.01. The van der Waals surface area contributed by atoms with Gasteiger partial charge in [-0.15, -0.1) is 10.2 Å². The van der Waals surface area contributed by atoms with Gasteiger partial charge in [-0.25, -0.2) is 0 Å². The highest BCUT2D eigenvalue weighted by Crippen LogP contribution is 2.24. The molecule has 0 aliphatic carbocycles. The number of nitrogens with one attached hydrogen (secondary N) is 1. The second-order valence-corrected chi connectivity index (χ2v) is 7.40. The second-order valence-electron chi connectivity index (χ2n) is 6.46. The van der Waals surface area contributed by atoms with Gasteiger partial charge in [0.05, 0.1) is 18.6 Å². The summed E-state index contributed by atoms with van der Waals surface area (Å²) in [5, 5.41) is 11.6. The van der Waals surface area contributed by atoms with Crippen LogP contribution in [0.2, 0.25) is 0 Å². The van der Waals surface area contributed by atoms with E-state index in [1.807, 2.05) is 31.2 Å². The van der Waals surface area contributed by atoms with Gasteiger partial charge in [0.25, 0.3) is 0 Å². The van der Waals surface area contributed by atoms with Crippen molar-refractivity contribution in [3.05, 3.63) is 48.2 Å². The van der Waals surface area contributed by atoms with Crippen molar-refractivity contribution in [2.75, 3.05) is 18.9 Å². The molecule has 0 aliphatic rings. The zero-order valence-corrected chi connectivity index (χ0v) is 17.4. The molecule has 1 aromatic carbocycles. The Kier molecular flexibility index (Phi) is 7.50. The Labute approximate surface area is 178 Å². The Bertz CT molecular complexity index is 987. The number of carbonyl (C=O) groups is 2. The Morgan fingerprint density at radius 1 is 1.27 bits per heavy atom. The van der Waals surface area contributed by atoms with Crippen molar-refractivity contribution >= 4 is 23.6 Å². The first-order valence-corrected chi connectivity index (χ1v) is 10.4. The number of hydrogen-bond acceptors (Lipinski definition) is 7. The number of amides is 2. The van der Waals surface area contributed by atoms with E-state index in [1.165, 1.54) is 18.0 Å². The molecule has 2 amide bonds. The lowest BCUT2D eigenvalue weighted by atomic mass is 10.2. The van der Waals surface area contributed by atoms with Gasteiger partial charge in [0.1, 0.15) is 12.4 Å². The number of nitrogens with two attached hydrogens (primary N) is 1. The topological polar surface area (TPSA) is 125 Å². The third kappa shape index (κ3) is 6.11. The van der Waals surface area contributed by atoms with Crippen LogP contribution in [0.1, 0.15) is 12.0 Å². The Balaban J connectivity index is 1.50. The zero-order chi connectivity index (χ0) is 21.3. The van der Waals surface area contributed by atoms with Crippen molar-refractivity contribution in [3.8, 4) is 17.3 Å². The highest BCUT2D eigenvalue weighted by molar-refractivity contribution is 7.99. The first-order valence-electron chi connectivity index (χ1n) is 9.37. The molecule has 3 rings (SSSR count). The predicted molar refractivity (Wildman–Crippen MR) is 112 cm³/mol. The van der Waals surface area contributed by atoms with Crippen molar-refractivity contribution < 1.29 is 18.7 Å². The average Bonchev–Trinajstić information content (AvgIpc) is 3.37. The molecule has 0 bridgehead atoms. The first-order chi connectivity index (χ1) is 14.5. The average molecular weight is 430 g/mol. The third-order valence-electron chi connectivity index (χ3n) is 4.06. The number of thioether (sulfide) groups is 1. The summed E-state index contributed by atoms with van der Waals surface area (Å²) >= 11 is 1.22. The van der Waals surface area contributed by atoms with Gasteiger partial charge in [-0.05, 0) is 36.8 Å². The molecule has 2 aromatic heterocycles. The maximum absolute atomic E-state index is 12.2. The van der Waals surface area contributed by atoms with Crippen LogP contribution in [-0.2, 0) is 16.1 Å². The third-order valence-corrected chi connectivity index (χ3v) is 5.02. The minimum atomic E-state index is -0.434. The quantitative estimate of drug-likeness (QED) is 0.353. The second kappa shape index (κ2) is 10.5. The lowest BCUT2D eigenvalue weighted by Gasteiger charge is -2.09. The van der Waals surface area contributed by atoms with Crippen LogP contribution < -0.4 is 15.8 Å². The molecule has 0 saturated heterocycles. The molecule has 9 nitrogen and oxygen atoms in total. The van der Waals surface area contributed by atoms with E-state index >= 15 is 0 Å². The van der Waals surface area contributed by atoms with E-state index in [9.17, 15) is 9.59 Å². The SMILES string of the molecule is Cc1cccc(OCCNC(=O)CSc2nnc(-c3ccco3)n2CCC(N)=O)c1. The van der Waals surface area contributed by atoms with Crippen molar-refractivity contribution in [3.63, 3.8) is 0 Å². The van der Waals surface area contributed by atoms with E-state index < -0.39 is 5.91 Å². The molecular weight excluding hydrogens is 406 g/mol.